The molecule has 0 aliphatic carbocycles. The summed E-state index contributed by atoms with van der Waals surface area (Å²) in [5.41, 5.74) is 3.99. The molecule has 134 valence electrons. The molecular formula is C20H25NO2S2. The molecule has 25 heavy (non-hydrogen) atoms. The second-order valence-corrected chi connectivity index (χ2v) is 8.56. The van der Waals surface area contributed by atoms with Crippen molar-refractivity contribution in [2.75, 3.05) is 19.6 Å². The van der Waals surface area contributed by atoms with Gasteiger partial charge in [-0.25, -0.2) is 0 Å². The van der Waals surface area contributed by atoms with Crippen molar-refractivity contribution in [1.29, 1.82) is 1.43 Å². The number of carboxylic acids is 1. The zero-order valence-electron chi connectivity index (χ0n) is 15.8. The fourth-order valence-electron chi connectivity index (χ4n) is 3.43. The molecule has 0 aromatic carbocycles. The van der Waals surface area contributed by atoms with E-state index in [1.54, 1.807) is 22.7 Å². The van der Waals surface area contributed by atoms with Crippen LogP contribution in [-0.2, 0) is 4.79 Å². The largest absolute Gasteiger partial charge is 0.481 e. The lowest BCUT2D eigenvalue weighted by Crippen LogP contribution is -2.39. The molecule has 0 unspecified atom stereocenters. The first-order valence-corrected chi connectivity index (χ1v) is 10.5. The van der Waals surface area contributed by atoms with Crippen LogP contribution in [0.4, 0.5) is 0 Å². The smallest absolute Gasteiger partial charge is 0.307 e. The number of thiophene rings is 2. The van der Waals surface area contributed by atoms with Crippen LogP contribution in [0.15, 0.2) is 29.0 Å². The van der Waals surface area contributed by atoms with Gasteiger partial charge in [0.1, 0.15) is 0 Å². The van der Waals surface area contributed by atoms with Gasteiger partial charge in [0.05, 0.1) is 5.92 Å². The molecule has 1 atom stereocenters. The first kappa shape index (κ1) is 17.0. The molecule has 3 nitrogen and oxygen atoms in total. The summed E-state index contributed by atoms with van der Waals surface area (Å²) < 4.78 is 6.83. The van der Waals surface area contributed by atoms with Gasteiger partial charge in [0, 0.05) is 28.4 Å². The van der Waals surface area contributed by atoms with Crippen LogP contribution >= 0.6 is 22.7 Å². The maximum absolute atomic E-state index is 11.6. The summed E-state index contributed by atoms with van der Waals surface area (Å²) in [4.78, 5) is 16.7. The van der Waals surface area contributed by atoms with Crippen LogP contribution in [0, 0.1) is 19.8 Å². The first-order chi connectivity index (χ1) is 12.6. The van der Waals surface area contributed by atoms with Gasteiger partial charge in [-0.2, -0.15) is 0 Å². The van der Waals surface area contributed by atoms with E-state index in [0.717, 1.165) is 32.4 Å². The molecule has 5 heteroatoms. The van der Waals surface area contributed by atoms with Gasteiger partial charge in [-0.05, 0) is 73.7 Å². The number of carbonyl (C=O) groups is 1. The molecule has 1 fully saturated rings. The summed E-state index contributed by atoms with van der Waals surface area (Å²) in [6.07, 6.45) is 5.12. The highest BCUT2D eigenvalue weighted by atomic mass is 32.1. The molecule has 0 radical (unpaired) electrons. The van der Waals surface area contributed by atoms with Crippen molar-refractivity contribution in [3.05, 3.63) is 49.9 Å². The number of rotatable bonds is 6. The molecule has 0 amide bonds. The van der Waals surface area contributed by atoms with Crippen molar-refractivity contribution in [3.8, 4) is 0 Å². The molecule has 3 heterocycles. The highest BCUT2D eigenvalue weighted by Crippen LogP contribution is 2.35. The monoisotopic (exact) mass is 376 g/mol. The summed E-state index contributed by atoms with van der Waals surface area (Å²) in [6.45, 7) is 6.99. The van der Waals surface area contributed by atoms with Gasteiger partial charge in [-0.3, -0.25) is 4.79 Å². The Balaban J connectivity index is 1.71. The van der Waals surface area contributed by atoms with E-state index in [-0.39, 0.29) is 5.92 Å². The van der Waals surface area contributed by atoms with Gasteiger partial charge < -0.3 is 10.0 Å². The summed E-state index contributed by atoms with van der Waals surface area (Å²) in [5, 5.41) is 8.49. The third kappa shape index (κ3) is 4.40. The standard InChI is InChI=1S/C20H25NO2S2/c1-14-7-11-24-18(14)17(19-15(2)8-12-25-19)6-4-10-21-9-3-5-16(13-21)20(22)23/h6-8,11-12,16H,3-5,9-10,13H2,1-2H3,(H,22,23)/t16-/m1/s1/i/hD. The maximum atomic E-state index is 11.6. The fraction of sp³-hybridized carbons (Fsp3) is 0.450. The Labute approximate surface area is 159 Å². The van der Waals surface area contributed by atoms with E-state index in [1.807, 2.05) is 0 Å². The molecule has 1 aliphatic heterocycles. The Morgan fingerprint density at radius 2 is 2.00 bits per heavy atom. The van der Waals surface area contributed by atoms with Gasteiger partial charge in [0.25, 0.3) is 1.43 Å². The zero-order chi connectivity index (χ0) is 18.5. The van der Waals surface area contributed by atoms with Gasteiger partial charge >= 0.3 is 5.97 Å². The summed E-state index contributed by atoms with van der Waals surface area (Å²) in [6, 6.07) is 4.36. The molecule has 0 spiro atoms. The Bertz CT molecular complexity index is 738. The number of nitrogens with zero attached hydrogens (tertiary/aromatic N) is 1. The lowest BCUT2D eigenvalue weighted by Gasteiger charge is -2.30. The van der Waals surface area contributed by atoms with Crippen molar-refractivity contribution in [2.24, 2.45) is 5.92 Å². The number of carboxylic acid groups (broad SMARTS) is 1. The van der Waals surface area contributed by atoms with Crippen LogP contribution in [0.2, 0.25) is 0 Å². The first-order valence-electron chi connectivity index (χ1n) is 9.19. The average Bonchev–Trinajstić information content (AvgIpc) is 3.27. The minimum atomic E-state index is -0.394. The van der Waals surface area contributed by atoms with E-state index in [4.69, 9.17) is 1.43 Å². The van der Waals surface area contributed by atoms with E-state index in [2.05, 4.69) is 52.8 Å². The molecule has 0 saturated carbocycles. The van der Waals surface area contributed by atoms with E-state index in [0.29, 0.717) is 6.54 Å². The highest BCUT2D eigenvalue weighted by molar-refractivity contribution is 7.14. The summed E-state index contributed by atoms with van der Waals surface area (Å²) in [5.74, 6) is -0.543. The van der Waals surface area contributed by atoms with Crippen molar-refractivity contribution in [3.63, 3.8) is 0 Å². The lowest BCUT2D eigenvalue weighted by molar-refractivity contribution is -0.143. The van der Waals surface area contributed by atoms with E-state index >= 15 is 0 Å². The normalized spacial score (nSPS) is 18.6. The quantitative estimate of drug-likeness (QED) is 0.767. The summed E-state index contributed by atoms with van der Waals surface area (Å²) in [7, 11) is 0. The van der Waals surface area contributed by atoms with Crippen molar-refractivity contribution in [2.45, 2.75) is 33.1 Å². The number of hydrogen-bond donors (Lipinski definition) is 1. The average molecular weight is 377 g/mol. The minimum absolute atomic E-state index is 0.149. The van der Waals surface area contributed by atoms with Crippen LogP contribution in [-0.4, -0.2) is 35.6 Å². The second kappa shape index (κ2) is 8.30. The Morgan fingerprint density at radius 1 is 1.32 bits per heavy atom. The lowest BCUT2D eigenvalue weighted by atomic mass is 9.98. The highest BCUT2D eigenvalue weighted by Gasteiger charge is 2.24. The third-order valence-electron chi connectivity index (χ3n) is 4.85. The predicted octanol–water partition coefficient (Wildman–Crippen LogP) is 5.04. The number of piperidine rings is 1. The number of likely N-dealkylation sites (tertiary alicyclic amines) is 1. The molecule has 1 aliphatic rings. The van der Waals surface area contributed by atoms with Crippen molar-refractivity contribution in [1.82, 2.24) is 4.90 Å². The second-order valence-electron chi connectivity index (χ2n) is 6.73. The van der Waals surface area contributed by atoms with E-state index in [1.165, 1.54) is 26.5 Å². The fourth-order valence-corrected chi connectivity index (χ4v) is 5.44. The Kier molecular flexibility index (Phi) is 5.65. The van der Waals surface area contributed by atoms with Crippen molar-refractivity contribution < 1.29 is 9.90 Å². The molecule has 1 saturated heterocycles. The number of aryl methyl sites for hydroxylation is 2. The molecule has 1 N–H and O–H groups in total. The van der Waals surface area contributed by atoms with Crippen LogP contribution < -0.4 is 0 Å². The Hall–Kier alpha value is -1.43. The van der Waals surface area contributed by atoms with Gasteiger partial charge in [0.2, 0.25) is 0 Å². The molecule has 2 aromatic heterocycles. The third-order valence-corrected chi connectivity index (χ3v) is 6.95. The van der Waals surface area contributed by atoms with Crippen LogP contribution in [0.5, 0.6) is 0 Å². The van der Waals surface area contributed by atoms with Gasteiger partial charge in [0.15, 0.2) is 0 Å². The summed E-state index contributed by atoms with van der Waals surface area (Å²) >= 11 is 3.60. The SMILES string of the molecule is [2H]OC(=O)[C@@H]1CCCN(CCC=C(c2sccc2C)c2sccc2C)C1. The van der Waals surface area contributed by atoms with Gasteiger partial charge in [-0.1, -0.05) is 6.08 Å². The predicted molar refractivity (Wildman–Crippen MR) is 107 cm³/mol. The van der Waals surface area contributed by atoms with Crippen LogP contribution in [0.3, 0.4) is 0 Å². The van der Waals surface area contributed by atoms with E-state index < -0.39 is 5.97 Å². The zero-order valence-corrected chi connectivity index (χ0v) is 16.4. The molecule has 3 rings (SSSR count). The molecule has 2 aromatic rings. The number of hydrogen-bond acceptors (Lipinski definition) is 5. The minimum Gasteiger partial charge on any atom is -0.481 e. The Morgan fingerprint density at radius 3 is 2.56 bits per heavy atom. The molecule has 0 bridgehead atoms. The van der Waals surface area contributed by atoms with Crippen LogP contribution in [0.25, 0.3) is 7.00 Å². The van der Waals surface area contributed by atoms with E-state index in [9.17, 15) is 4.79 Å². The van der Waals surface area contributed by atoms with Crippen molar-refractivity contribution >= 4 is 34.2 Å². The number of aliphatic carboxylic acids is 1. The topological polar surface area (TPSA) is 40.5 Å². The molecular weight excluding hydrogens is 350 g/mol. The maximum Gasteiger partial charge on any atom is 0.307 e. The van der Waals surface area contributed by atoms with Crippen LogP contribution in [0.1, 0.15) is 40.1 Å². The van der Waals surface area contributed by atoms with Gasteiger partial charge in [-0.15, -0.1) is 22.7 Å².